The van der Waals surface area contributed by atoms with Crippen LogP contribution in [-0.4, -0.2) is 99.2 Å². The number of carbonyl (C=O) groups is 3. The van der Waals surface area contributed by atoms with Crippen molar-refractivity contribution >= 4 is 30.0 Å². The summed E-state index contributed by atoms with van der Waals surface area (Å²) in [6.45, 7) is 1.35. The Balaban J connectivity index is 1.20. The highest BCUT2D eigenvalue weighted by molar-refractivity contribution is 6.21. The van der Waals surface area contributed by atoms with Gasteiger partial charge in [-0.3, -0.25) is 19.4 Å². The molecule has 3 aliphatic heterocycles. The molecule has 0 aromatic carbocycles. The molecule has 4 heterocycles. The number of amidine groups is 1. The summed E-state index contributed by atoms with van der Waals surface area (Å²) >= 11 is 0. The van der Waals surface area contributed by atoms with Crippen LogP contribution in [0.25, 0.3) is 0 Å². The van der Waals surface area contributed by atoms with Gasteiger partial charge in [-0.05, 0) is 36.6 Å². The van der Waals surface area contributed by atoms with E-state index in [4.69, 9.17) is 4.52 Å². The van der Waals surface area contributed by atoms with Gasteiger partial charge in [0.2, 0.25) is 5.89 Å². The second-order valence-electron chi connectivity index (χ2n) is 8.79. The number of piperidine rings is 1. The van der Waals surface area contributed by atoms with E-state index >= 15 is 0 Å². The molecule has 5 rings (SSSR count). The first kappa shape index (κ1) is 19.8. The molecule has 2 saturated heterocycles. The zero-order valence-electron chi connectivity index (χ0n) is 17.7. The second-order valence-corrected chi connectivity index (χ2v) is 8.79. The lowest BCUT2D eigenvalue weighted by Crippen LogP contribution is -2.62. The molecule has 11 nitrogen and oxygen atoms in total. The van der Waals surface area contributed by atoms with E-state index in [1.807, 2.05) is 4.90 Å². The van der Waals surface area contributed by atoms with Gasteiger partial charge in [-0.15, -0.1) is 0 Å². The lowest BCUT2D eigenvalue weighted by Gasteiger charge is -2.33. The molecule has 1 aromatic heterocycles. The van der Waals surface area contributed by atoms with E-state index in [0.29, 0.717) is 37.2 Å². The molecule has 1 aromatic rings. The molecule has 164 valence electrons. The van der Waals surface area contributed by atoms with Gasteiger partial charge in [-0.2, -0.15) is 4.98 Å². The number of aliphatic imine (C=N–C) groups is 1. The van der Waals surface area contributed by atoms with Gasteiger partial charge in [0.05, 0.1) is 0 Å². The molecule has 4 amide bonds. The summed E-state index contributed by atoms with van der Waals surface area (Å²) in [6.07, 6.45) is 6.34. The van der Waals surface area contributed by atoms with Crippen molar-refractivity contribution in [3.8, 4) is 0 Å². The summed E-state index contributed by atoms with van der Waals surface area (Å²) < 4.78 is 7.02. The van der Waals surface area contributed by atoms with Crippen molar-refractivity contribution in [3.05, 3.63) is 11.7 Å². The van der Waals surface area contributed by atoms with Gasteiger partial charge in [-0.25, -0.2) is 9.37 Å². The maximum absolute atomic E-state index is 13.0. The molecule has 11 heteroatoms. The number of aromatic nitrogens is 2. The fourth-order valence-electron chi connectivity index (χ4n) is 4.49. The van der Waals surface area contributed by atoms with E-state index in [2.05, 4.69) is 15.1 Å². The Hall–Kier alpha value is -3.11. The average Bonchev–Trinajstić information content (AvgIpc) is 3.38. The molecule has 0 bridgehead atoms. The van der Waals surface area contributed by atoms with Crippen molar-refractivity contribution in [2.24, 2.45) is 10.9 Å². The monoisotopic (exact) mass is 428 g/mol. The topological polar surface area (TPSA) is 115 Å². The van der Waals surface area contributed by atoms with Crippen LogP contribution in [0.4, 0.5) is 4.79 Å². The number of fused-ring (bicyclic) bond motifs is 1. The minimum Gasteiger partial charge on any atom is -0.339 e. The van der Waals surface area contributed by atoms with Crippen molar-refractivity contribution in [2.45, 2.75) is 44.1 Å². The number of urea groups is 1. The summed E-state index contributed by atoms with van der Waals surface area (Å²) in [6, 6.07) is -1.16. The zero-order chi connectivity index (χ0) is 21.7. The predicted octanol–water partition coefficient (Wildman–Crippen LogP) is 0.0734. The van der Waals surface area contributed by atoms with Crippen molar-refractivity contribution in [1.29, 1.82) is 0 Å². The standard InChI is InChI=1S/C20H26N7O4/c1-24-18-16(19(29)25(2)20(24)30)27(11-21-18)10-15(28)26-7-3-4-12(9-26)8-14-22-17(23-31-14)13-5-6-13/h11-13,16H,3-10H2,1-2H3/q+1. The molecule has 1 aliphatic carbocycles. The average molecular weight is 428 g/mol. The number of imide groups is 1. The Morgan fingerprint density at radius 2 is 2.03 bits per heavy atom. The van der Waals surface area contributed by atoms with Crippen molar-refractivity contribution in [2.75, 3.05) is 33.7 Å². The van der Waals surface area contributed by atoms with Crippen LogP contribution in [-0.2, 0) is 16.0 Å². The summed E-state index contributed by atoms with van der Waals surface area (Å²) in [4.78, 5) is 50.7. The minimum absolute atomic E-state index is 0.0401. The van der Waals surface area contributed by atoms with Crippen molar-refractivity contribution in [3.63, 3.8) is 0 Å². The predicted molar refractivity (Wildman–Crippen MR) is 108 cm³/mol. The Labute approximate surface area is 179 Å². The number of likely N-dealkylation sites (N-methyl/N-ethyl adjacent to an activating group) is 2. The Morgan fingerprint density at radius 3 is 2.81 bits per heavy atom. The zero-order valence-corrected chi connectivity index (χ0v) is 17.7. The summed E-state index contributed by atoms with van der Waals surface area (Å²) in [5.41, 5.74) is 0. The summed E-state index contributed by atoms with van der Waals surface area (Å²) in [5.74, 6) is 2.12. The first-order chi connectivity index (χ1) is 14.9. The molecular weight excluding hydrogens is 402 g/mol. The van der Waals surface area contributed by atoms with Crippen LogP contribution in [0.15, 0.2) is 9.52 Å². The lowest BCUT2D eigenvalue weighted by molar-refractivity contribution is -0.520. The SMILES string of the molecule is CN1C(=O)C2C(=NC=[N+]2CC(=O)N2CCCC(Cc3nc(C4CC4)no3)C2)N(C)C1=O. The number of amides is 4. The molecular formula is C20H26N7O4+. The van der Waals surface area contributed by atoms with Crippen LogP contribution in [0.2, 0.25) is 0 Å². The molecule has 3 fully saturated rings. The van der Waals surface area contributed by atoms with E-state index in [1.165, 1.54) is 18.3 Å². The number of carbonyl (C=O) groups excluding carboxylic acids is 3. The van der Waals surface area contributed by atoms with Crippen LogP contribution in [0.1, 0.15) is 43.3 Å². The smallest absolute Gasteiger partial charge is 0.333 e. The van der Waals surface area contributed by atoms with Crippen molar-refractivity contribution < 1.29 is 23.5 Å². The number of nitrogens with zero attached hydrogens (tertiary/aromatic N) is 7. The van der Waals surface area contributed by atoms with Gasteiger partial charge in [0.25, 0.3) is 30.0 Å². The minimum atomic E-state index is -0.739. The summed E-state index contributed by atoms with van der Waals surface area (Å²) in [5, 5.41) is 4.08. The molecule has 0 N–H and O–H groups in total. The number of hydrogen-bond acceptors (Lipinski definition) is 7. The first-order valence-corrected chi connectivity index (χ1v) is 10.7. The van der Waals surface area contributed by atoms with E-state index in [1.54, 1.807) is 11.6 Å². The molecule has 0 radical (unpaired) electrons. The highest BCUT2D eigenvalue weighted by atomic mass is 16.5. The normalized spacial score (nSPS) is 26.2. The number of likely N-dealkylation sites (tertiary alicyclic amines) is 1. The van der Waals surface area contributed by atoms with Gasteiger partial charge in [0.15, 0.2) is 12.4 Å². The number of rotatable bonds is 5. The molecule has 1 saturated carbocycles. The molecule has 2 atom stereocenters. The molecule has 31 heavy (non-hydrogen) atoms. The number of hydrogen-bond donors (Lipinski definition) is 0. The molecule has 2 unspecified atom stereocenters. The second kappa shape index (κ2) is 7.54. The van der Waals surface area contributed by atoms with Gasteiger partial charge >= 0.3 is 6.03 Å². The lowest BCUT2D eigenvalue weighted by atomic mass is 9.94. The fraction of sp³-hybridized carbons (Fsp3) is 0.650. The van der Waals surface area contributed by atoms with Crippen LogP contribution in [0.3, 0.4) is 0 Å². The Kier molecular flexibility index (Phi) is 4.82. The fourth-order valence-corrected chi connectivity index (χ4v) is 4.49. The van der Waals surface area contributed by atoms with E-state index in [-0.39, 0.29) is 24.3 Å². The van der Waals surface area contributed by atoms with Crippen LogP contribution >= 0.6 is 0 Å². The largest absolute Gasteiger partial charge is 0.339 e. The third-order valence-electron chi connectivity index (χ3n) is 6.48. The van der Waals surface area contributed by atoms with Gasteiger partial charge in [0.1, 0.15) is 0 Å². The first-order valence-electron chi connectivity index (χ1n) is 10.7. The van der Waals surface area contributed by atoms with Crippen molar-refractivity contribution in [1.82, 2.24) is 24.8 Å². The quantitative estimate of drug-likeness (QED) is 0.613. The van der Waals surface area contributed by atoms with Crippen LogP contribution < -0.4 is 0 Å². The molecule has 0 spiro atoms. The highest BCUT2D eigenvalue weighted by Gasteiger charge is 2.51. The van der Waals surface area contributed by atoms with Crippen LogP contribution in [0.5, 0.6) is 0 Å². The van der Waals surface area contributed by atoms with Crippen LogP contribution in [0, 0.1) is 5.92 Å². The summed E-state index contributed by atoms with van der Waals surface area (Å²) in [7, 11) is 3.02. The van der Waals surface area contributed by atoms with Gasteiger partial charge in [-0.1, -0.05) is 5.16 Å². The Bertz CT molecular complexity index is 995. The third-order valence-corrected chi connectivity index (χ3v) is 6.48. The maximum Gasteiger partial charge on any atom is 0.333 e. The van der Waals surface area contributed by atoms with E-state index in [9.17, 15) is 14.4 Å². The maximum atomic E-state index is 13.0. The molecule has 4 aliphatic rings. The van der Waals surface area contributed by atoms with Gasteiger partial charge < -0.3 is 9.42 Å². The highest BCUT2D eigenvalue weighted by Crippen LogP contribution is 2.38. The Morgan fingerprint density at radius 1 is 1.23 bits per heavy atom. The van der Waals surface area contributed by atoms with E-state index in [0.717, 1.165) is 36.4 Å². The van der Waals surface area contributed by atoms with E-state index < -0.39 is 12.1 Å². The third kappa shape index (κ3) is 3.61. The van der Waals surface area contributed by atoms with Gasteiger partial charge in [0, 0.05) is 39.5 Å².